The molecule has 130 valence electrons. The quantitative estimate of drug-likeness (QED) is 0.933. The predicted octanol–water partition coefficient (Wildman–Crippen LogP) is 2.95. The van der Waals surface area contributed by atoms with E-state index in [4.69, 9.17) is 0 Å². The molecular weight excluding hydrogens is 312 g/mol. The molecule has 1 fully saturated rings. The maximum Gasteiger partial charge on any atom is 0.245 e. The van der Waals surface area contributed by atoms with Crippen LogP contribution in [0.2, 0.25) is 0 Å². The lowest BCUT2D eigenvalue weighted by molar-refractivity contribution is -0.149. The largest absolute Gasteiger partial charge is 0.352 e. The van der Waals surface area contributed by atoms with Gasteiger partial charge in [0, 0.05) is 25.4 Å². The summed E-state index contributed by atoms with van der Waals surface area (Å²) in [5.74, 6) is -0.101. The summed E-state index contributed by atoms with van der Waals surface area (Å²) in [5, 5.41) is 2.84. The number of hydrogen-bond acceptors (Lipinski definition) is 2. The molecule has 4 heteroatoms. The molecule has 0 radical (unpaired) electrons. The van der Waals surface area contributed by atoms with Crippen LogP contribution in [0.15, 0.2) is 60.7 Å². The van der Waals surface area contributed by atoms with E-state index in [0.29, 0.717) is 19.5 Å². The second-order valence-electron chi connectivity index (χ2n) is 6.94. The van der Waals surface area contributed by atoms with Crippen molar-refractivity contribution in [2.24, 2.45) is 0 Å². The maximum absolute atomic E-state index is 13.1. The second kappa shape index (κ2) is 7.09. The third kappa shape index (κ3) is 3.58. The topological polar surface area (TPSA) is 49.4 Å². The molecule has 25 heavy (non-hydrogen) atoms. The van der Waals surface area contributed by atoms with Gasteiger partial charge in [-0.3, -0.25) is 9.59 Å². The van der Waals surface area contributed by atoms with Crippen LogP contribution < -0.4 is 5.32 Å². The number of carbonyl (C=O) groups is 2. The molecule has 1 saturated heterocycles. The highest BCUT2D eigenvalue weighted by Crippen LogP contribution is 2.30. The molecule has 0 saturated carbocycles. The fraction of sp³-hybridized carbons (Fsp3) is 0.333. The molecule has 2 aromatic carbocycles. The Morgan fingerprint density at radius 2 is 1.56 bits per heavy atom. The van der Waals surface area contributed by atoms with Crippen LogP contribution in [-0.4, -0.2) is 35.3 Å². The number of hydrogen-bond donors (Lipinski definition) is 1. The first kappa shape index (κ1) is 17.2. The number of benzene rings is 2. The van der Waals surface area contributed by atoms with E-state index in [1.807, 2.05) is 36.4 Å². The van der Waals surface area contributed by atoms with Crippen LogP contribution in [0, 0.1) is 0 Å². The smallest absolute Gasteiger partial charge is 0.245 e. The summed E-state index contributed by atoms with van der Waals surface area (Å²) in [7, 11) is 0. The molecule has 1 aliphatic rings. The fourth-order valence-corrected chi connectivity index (χ4v) is 3.42. The predicted molar refractivity (Wildman–Crippen MR) is 98.1 cm³/mol. The minimum atomic E-state index is -0.812. The lowest BCUT2D eigenvalue weighted by Crippen LogP contribution is -2.63. The zero-order valence-electron chi connectivity index (χ0n) is 14.7. The van der Waals surface area contributed by atoms with Crippen molar-refractivity contribution in [3.05, 3.63) is 71.8 Å². The van der Waals surface area contributed by atoms with Gasteiger partial charge in [0.1, 0.15) is 5.54 Å². The van der Waals surface area contributed by atoms with Crippen LogP contribution in [0.5, 0.6) is 0 Å². The highest BCUT2D eigenvalue weighted by Gasteiger charge is 2.40. The Bertz CT molecular complexity index is 702. The maximum atomic E-state index is 13.1. The molecule has 0 unspecified atom stereocenters. The monoisotopic (exact) mass is 336 g/mol. The number of piperazine rings is 1. The van der Waals surface area contributed by atoms with E-state index in [0.717, 1.165) is 11.1 Å². The van der Waals surface area contributed by atoms with Crippen LogP contribution in [0.1, 0.15) is 37.3 Å². The fourth-order valence-electron chi connectivity index (χ4n) is 3.42. The average molecular weight is 336 g/mol. The van der Waals surface area contributed by atoms with Crippen LogP contribution >= 0.6 is 0 Å². The third-order valence-corrected chi connectivity index (χ3v) is 4.94. The van der Waals surface area contributed by atoms with E-state index in [-0.39, 0.29) is 17.7 Å². The van der Waals surface area contributed by atoms with Crippen molar-refractivity contribution >= 4 is 11.8 Å². The van der Waals surface area contributed by atoms with E-state index in [2.05, 4.69) is 29.6 Å². The van der Waals surface area contributed by atoms with Crippen molar-refractivity contribution < 1.29 is 9.59 Å². The molecule has 3 rings (SSSR count). The van der Waals surface area contributed by atoms with Gasteiger partial charge in [-0.25, -0.2) is 0 Å². The van der Waals surface area contributed by atoms with Crippen molar-refractivity contribution in [2.45, 2.75) is 31.7 Å². The van der Waals surface area contributed by atoms with Gasteiger partial charge in [-0.05, 0) is 25.0 Å². The van der Waals surface area contributed by atoms with Crippen LogP contribution in [0.25, 0.3) is 0 Å². The normalized spacial score (nSPS) is 16.6. The SMILES string of the molecule is CC1(C)C(=O)NCCN1C(=O)CC(c1ccccc1)c1ccccc1. The highest BCUT2D eigenvalue weighted by atomic mass is 16.2. The van der Waals surface area contributed by atoms with E-state index in [1.165, 1.54) is 0 Å². The van der Waals surface area contributed by atoms with Gasteiger partial charge in [-0.2, -0.15) is 0 Å². The first-order valence-electron chi connectivity index (χ1n) is 8.69. The number of rotatable bonds is 4. The van der Waals surface area contributed by atoms with Crippen molar-refractivity contribution in [2.75, 3.05) is 13.1 Å². The minimum absolute atomic E-state index is 0.0116. The molecular formula is C21H24N2O2. The van der Waals surface area contributed by atoms with Gasteiger partial charge in [0.05, 0.1) is 0 Å². The molecule has 0 aliphatic carbocycles. The molecule has 2 amide bonds. The van der Waals surface area contributed by atoms with Crippen molar-refractivity contribution in [3.8, 4) is 0 Å². The molecule has 0 bridgehead atoms. The lowest BCUT2D eigenvalue weighted by atomic mass is 9.87. The van der Waals surface area contributed by atoms with E-state index < -0.39 is 5.54 Å². The molecule has 1 N–H and O–H groups in total. The van der Waals surface area contributed by atoms with Crippen LogP contribution in [0.4, 0.5) is 0 Å². The van der Waals surface area contributed by atoms with Crippen molar-refractivity contribution in [1.82, 2.24) is 10.2 Å². The lowest BCUT2D eigenvalue weighted by Gasteiger charge is -2.41. The minimum Gasteiger partial charge on any atom is -0.352 e. The van der Waals surface area contributed by atoms with E-state index in [9.17, 15) is 9.59 Å². The molecule has 4 nitrogen and oxygen atoms in total. The Kier molecular flexibility index (Phi) is 4.88. The Labute approximate surface area is 148 Å². The summed E-state index contributed by atoms with van der Waals surface area (Å²) in [4.78, 5) is 26.9. The number of nitrogens with zero attached hydrogens (tertiary/aromatic N) is 1. The van der Waals surface area contributed by atoms with Gasteiger partial charge in [0.15, 0.2) is 0 Å². The molecule has 1 heterocycles. The first-order chi connectivity index (χ1) is 12.0. The summed E-state index contributed by atoms with van der Waals surface area (Å²) in [5.41, 5.74) is 1.41. The van der Waals surface area contributed by atoms with Gasteiger partial charge in [-0.15, -0.1) is 0 Å². The zero-order valence-corrected chi connectivity index (χ0v) is 14.7. The summed E-state index contributed by atoms with van der Waals surface area (Å²) < 4.78 is 0. The number of amides is 2. The Balaban J connectivity index is 1.88. The van der Waals surface area contributed by atoms with Gasteiger partial charge in [-0.1, -0.05) is 60.7 Å². The third-order valence-electron chi connectivity index (χ3n) is 4.94. The Hall–Kier alpha value is -2.62. The van der Waals surface area contributed by atoms with Gasteiger partial charge in [0.2, 0.25) is 11.8 Å². The molecule has 0 spiro atoms. The van der Waals surface area contributed by atoms with E-state index in [1.54, 1.807) is 18.7 Å². The van der Waals surface area contributed by atoms with Crippen molar-refractivity contribution in [1.29, 1.82) is 0 Å². The van der Waals surface area contributed by atoms with Crippen LogP contribution in [0.3, 0.4) is 0 Å². The molecule has 0 aromatic heterocycles. The molecule has 2 aromatic rings. The Morgan fingerprint density at radius 1 is 1.04 bits per heavy atom. The summed E-state index contributed by atoms with van der Waals surface area (Å²) in [6.45, 7) is 4.67. The summed E-state index contributed by atoms with van der Waals surface area (Å²) in [6.07, 6.45) is 0.352. The standard InChI is InChI=1S/C21H24N2O2/c1-21(2)20(25)22-13-14-23(21)19(24)15-18(16-9-5-3-6-10-16)17-11-7-4-8-12-17/h3-12,18H,13-15H2,1-2H3,(H,22,25). The molecule has 1 aliphatic heterocycles. The Morgan fingerprint density at radius 3 is 2.08 bits per heavy atom. The van der Waals surface area contributed by atoms with Gasteiger partial charge >= 0.3 is 0 Å². The van der Waals surface area contributed by atoms with Crippen LogP contribution in [-0.2, 0) is 9.59 Å². The summed E-state index contributed by atoms with van der Waals surface area (Å²) in [6, 6.07) is 20.1. The average Bonchev–Trinajstić information content (AvgIpc) is 2.63. The van der Waals surface area contributed by atoms with Gasteiger partial charge < -0.3 is 10.2 Å². The number of nitrogens with one attached hydrogen (secondary N) is 1. The zero-order chi connectivity index (χ0) is 17.9. The highest BCUT2D eigenvalue weighted by molar-refractivity contribution is 5.92. The first-order valence-corrected chi connectivity index (χ1v) is 8.69. The van der Waals surface area contributed by atoms with Gasteiger partial charge in [0.25, 0.3) is 0 Å². The molecule has 0 atom stereocenters. The summed E-state index contributed by atoms with van der Waals surface area (Å²) >= 11 is 0. The number of carbonyl (C=O) groups excluding carboxylic acids is 2. The second-order valence-corrected chi connectivity index (χ2v) is 6.94. The van der Waals surface area contributed by atoms with E-state index >= 15 is 0 Å². The van der Waals surface area contributed by atoms with Crippen molar-refractivity contribution in [3.63, 3.8) is 0 Å².